The molecule has 14 aliphatic rings. The highest BCUT2D eigenvalue weighted by Crippen LogP contribution is 2.50. The van der Waals surface area contributed by atoms with E-state index in [0.29, 0.717) is 0 Å². The fourth-order valence-corrected chi connectivity index (χ4v) is 61.7. The Hall–Kier alpha value is -13.9. The Balaban J connectivity index is 0.921. The lowest BCUT2D eigenvalue weighted by Gasteiger charge is -2.62. The highest BCUT2D eigenvalue weighted by molar-refractivity contribution is 7.14. The second-order valence-corrected chi connectivity index (χ2v) is 52.1. The van der Waals surface area contributed by atoms with Gasteiger partial charge in [0.2, 0.25) is 0 Å². The van der Waals surface area contributed by atoms with Crippen molar-refractivity contribution in [1.29, 1.82) is 0 Å². The number of benzene rings is 8. The van der Waals surface area contributed by atoms with Crippen molar-refractivity contribution in [2.45, 2.75) is 0 Å². The van der Waals surface area contributed by atoms with Gasteiger partial charge in [0.15, 0.2) is 0 Å². The molecule has 0 aromatic heterocycles. The van der Waals surface area contributed by atoms with Gasteiger partial charge >= 0.3 is 70.4 Å². The number of rotatable bonds is 16. The Morgan fingerprint density at radius 2 is 0.194 bits per heavy atom. The Labute approximate surface area is 704 Å². The molecule has 8 aromatic rings. The SMILES string of the molecule is O=C1C=CC(=O)N1c1ccc([Si]23O[Si]4(c5ccc(N6C(=O)C=CC6=O)cc5)O[Si]5(c6ccc(N7C(=O)C=CC7=O)cc6)O[Si](c6ccc(N7C(=O)C=CC7=O)cc6)(O2)O[Si]2(c6ccc(N7C(=O)C=CC7=O)cc6)O[Si](c6ccc(N7C(=O)C=CC7=O)cc6)(O3)O[Si](c3ccc(N6C(=O)C=CC6=O)cc3)(O4)O[Si](c3ccc(N4C(=O)C=CC4=O)cc3)(O5)O2)cc1. The first-order chi connectivity index (χ1) is 59.6. The molecular formula is C80H48N8O28Si8. The van der Waals surface area contributed by atoms with Gasteiger partial charge in [-0.2, -0.15) is 0 Å². The van der Waals surface area contributed by atoms with Gasteiger partial charge in [-0.1, -0.05) is 97.1 Å². The molecule has 0 saturated carbocycles. The van der Waals surface area contributed by atoms with Crippen LogP contribution in [0.15, 0.2) is 291 Å². The zero-order valence-corrected chi connectivity index (χ0v) is 70.7. The van der Waals surface area contributed by atoms with Crippen LogP contribution in [-0.2, 0) is 126 Å². The molecule has 0 aliphatic carbocycles. The number of nitrogens with zero attached hydrogens (tertiary/aromatic N) is 8. The van der Waals surface area contributed by atoms with Crippen molar-refractivity contribution in [3.05, 3.63) is 291 Å². The topological polar surface area (TPSA) is 410 Å². The number of hydrogen-bond acceptors (Lipinski definition) is 28. The fraction of sp³-hybridized carbons (Fsp3) is 0. The predicted molar refractivity (Wildman–Crippen MR) is 441 cm³/mol. The van der Waals surface area contributed by atoms with Crippen LogP contribution in [0.4, 0.5) is 45.5 Å². The van der Waals surface area contributed by atoms with Gasteiger partial charge in [0, 0.05) is 139 Å². The van der Waals surface area contributed by atoms with Crippen LogP contribution in [0.1, 0.15) is 0 Å². The monoisotopic (exact) mass is 1790 g/mol. The van der Waals surface area contributed by atoms with Gasteiger partial charge in [-0.3, -0.25) is 76.7 Å². The van der Waals surface area contributed by atoms with E-state index in [9.17, 15) is 76.7 Å². The minimum Gasteiger partial charge on any atom is -0.366 e. The molecule has 14 aliphatic heterocycles. The summed E-state index contributed by atoms with van der Waals surface area (Å²) in [7, 11) is -48.7. The minimum absolute atomic E-state index is 0.0400. The van der Waals surface area contributed by atoms with E-state index in [4.69, 9.17) is 49.4 Å². The van der Waals surface area contributed by atoms with Crippen LogP contribution >= 0.6 is 0 Å². The molecule has 6 saturated heterocycles. The number of anilines is 8. The molecule has 44 heteroatoms. The molecule has 14 heterocycles. The zero-order chi connectivity index (χ0) is 85.5. The van der Waals surface area contributed by atoms with Crippen molar-refractivity contribution < 1.29 is 126 Å². The Bertz CT molecular complexity index is 5200. The van der Waals surface area contributed by atoms with E-state index in [2.05, 4.69) is 0 Å². The molecule has 124 heavy (non-hydrogen) atoms. The van der Waals surface area contributed by atoms with Crippen LogP contribution in [0, 0.1) is 0 Å². The van der Waals surface area contributed by atoms with Crippen molar-refractivity contribution in [3.8, 4) is 0 Å². The molecular weight excluding hydrogens is 1750 g/mol. The van der Waals surface area contributed by atoms with Gasteiger partial charge in [0.25, 0.3) is 94.5 Å². The van der Waals surface area contributed by atoms with Crippen molar-refractivity contribution >= 4 is 252 Å². The number of amides is 16. The molecule has 8 bridgehead atoms. The average molecular weight is 1790 g/mol. The molecule has 0 spiro atoms. The smallest absolute Gasteiger partial charge is 0.366 e. The van der Waals surface area contributed by atoms with E-state index >= 15 is 0 Å². The van der Waals surface area contributed by atoms with Gasteiger partial charge in [-0.15, -0.1) is 0 Å². The number of carbonyl (C=O) groups excluding carboxylic acids is 16. The van der Waals surface area contributed by atoms with Crippen molar-refractivity contribution in [3.63, 3.8) is 0 Å². The van der Waals surface area contributed by atoms with E-state index in [1.165, 1.54) is 194 Å². The summed E-state index contributed by atoms with van der Waals surface area (Å²) in [6, 6.07) is 43.3. The Kier molecular flexibility index (Phi) is 17.3. The summed E-state index contributed by atoms with van der Waals surface area (Å²) in [5, 5.41) is -1.44. The lowest BCUT2D eigenvalue weighted by molar-refractivity contribution is -0.121. The third-order valence-electron chi connectivity index (χ3n) is 21.5. The fourth-order valence-electron chi connectivity index (χ4n) is 15.8. The number of carbonyl (C=O) groups is 16. The minimum atomic E-state index is -6.09. The normalized spacial score (nSPS) is 28.4. The summed E-state index contributed by atoms with van der Waals surface area (Å²) in [6.45, 7) is 0. The maximum Gasteiger partial charge on any atom is 0.515 e. The van der Waals surface area contributed by atoms with Gasteiger partial charge in [0.05, 0.1) is 45.5 Å². The molecule has 16 amide bonds. The standard InChI is InChI=1S/C80H48N8O28Si8/c89-65-33-34-66(90)81(65)49-1-17-57(18-2-49)117-105-118(58-19-3-50(4-20-58)82-67(91)35-36-68(82)92)108-121(61-25-9-53(10-26-61)85-73(97)41-42-74(85)98)110-119(106-117,59-21-5-51(6-22-59)83-69(93)37-38-70(83)94)112-123(63-29-13-55(14-30-63)87-77(101)45-46-78(87)102)113-120(107-117,60-23-7-52(8-24-60)84-71(95)39-40-72(84)96)111-122(109-118,62-27-11-54(12-28-62)86-75(99)43-44-76(86)100)115-124(114-121,116-123)64-31-15-56(16-32-64)88-79(103)47-48-80(88)104/h1-48H. The van der Waals surface area contributed by atoms with Crippen LogP contribution in [0.5, 0.6) is 0 Å². The van der Waals surface area contributed by atoms with E-state index in [0.717, 1.165) is 136 Å². The summed E-state index contributed by atoms with van der Waals surface area (Å²) in [5.74, 6) is -12.1. The first-order valence-electron chi connectivity index (χ1n) is 37.4. The second kappa shape index (κ2) is 27.8. The Morgan fingerprint density at radius 3 is 0.266 bits per heavy atom. The van der Waals surface area contributed by atoms with Crippen molar-refractivity contribution in [2.75, 3.05) is 39.2 Å². The van der Waals surface area contributed by atoms with Gasteiger partial charge in [0.1, 0.15) is 0 Å². The average Bonchev–Trinajstić information content (AvgIpc) is 1.12. The molecule has 6 fully saturated rings. The summed E-state index contributed by atoms with van der Waals surface area (Å²) >= 11 is 0. The Morgan fingerprint density at radius 1 is 0.121 bits per heavy atom. The molecule has 22 rings (SSSR count). The third-order valence-corrected chi connectivity index (χ3v) is 55.7. The summed E-state index contributed by atoms with van der Waals surface area (Å²) in [4.78, 5) is 227. The predicted octanol–water partition coefficient (Wildman–Crippen LogP) is -1.54. The summed E-state index contributed by atoms with van der Waals surface area (Å²) in [5.41, 5.74) is -0.320. The maximum atomic E-state index is 13.8. The second-order valence-electron chi connectivity index (χ2n) is 28.8. The van der Waals surface area contributed by atoms with Gasteiger partial charge in [-0.05, 0) is 97.1 Å². The first-order valence-corrected chi connectivity index (χ1v) is 51.2. The largest absolute Gasteiger partial charge is 0.515 e. The van der Waals surface area contributed by atoms with Crippen molar-refractivity contribution in [2.24, 2.45) is 0 Å². The summed E-state index contributed by atoms with van der Waals surface area (Å²) in [6.07, 6.45) is 16.8. The van der Waals surface area contributed by atoms with Crippen LogP contribution in [-0.4, -0.2) is 165 Å². The first kappa shape index (κ1) is 77.4. The molecule has 36 nitrogen and oxygen atoms in total. The highest BCUT2D eigenvalue weighted by atomic mass is 28.6. The van der Waals surface area contributed by atoms with E-state index < -0.39 is 165 Å². The number of hydrogen-bond donors (Lipinski definition) is 0. The maximum absolute atomic E-state index is 13.8. The zero-order valence-electron chi connectivity index (χ0n) is 62.7. The van der Waals surface area contributed by atoms with Crippen LogP contribution in [0.2, 0.25) is 0 Å². The van der Waals surface area contributed by atoms with Crippen molar-refractivity contribution in [1.82, 2.24) is 0 Å². The lowest BCUT2D eigenvalue weighted by Crippen LogP contribution is -2.96. The molecule has 0 radical (unpaired) electrons. The molecule has 0 N–H and O–H groups in total. The van der Waals surface area contributed by atoms with Crippen LogP contribution in [0.3, 0.4) is 0 Å². The summed E-state index contributed by atoms with van der Waals surface area (Å²) < 4.78 is 100. The quantitative estimate of drug-likeness (QED) is 0.0781. The molecule has 0 atom stereocenters. The van der Waals surface area contributed by atoms with E-state index in [-0.39, 0.29) is 87.0 Å². The van der Waals surface area contributed by atoms with Crippen LogP contribution in [0.25, 0.3) is 0 Å². The molecule has 0 unspecified atom stereocenters. The third kappa shape index (κ3) is 11.9. The number of imide groups is 8. The molecule has 608 valence electrons. The highest BCUT2D eigenvalue weighted by Gasteiger charge is 2.87. The van der Waals surface area contributed by atoms with Gasteiger partial charge < -0.3 is 49.4 Å². The lowest BCUT2D eigenvalue weighted by atomic mass is 10.3. The van der Waals surface area contributed by atoms with E-state index in [1.54, 1.807) is 0 Å². The van der Waals surface area contributed by atoms with Gasteiger partial charge in [-0.25, -0.2) is 39.2 Å². The van der Waals surface area contributed by atoms with Crippen LogP contribution < -0.4 is 80.7 Å². The molecule has 8 aromatic carbocycles. The van der Waals surface area contributed by atoms with E-state index in [1.807, 2.05) is 0 Å².